The van der Waals surface area contributed by atoms with Crippen LogP contribution in [0.4, 0.5) is 0 Å². The highest BCUT2D eigenvalue weighted by Gasteiger charge is 2.49. The molecule has 1 aliphatic carbocycles. The van der Waals surface area contributed by atoms with Gasteiger partial charge in [-0.3, -0.25) is 4.90 Å². The van der Waals surface area contributed by atoms with Gasteiger partial charge in [0.1, 0.15) is 0 Å². The molecule has 3 saturated heterocycles. The van der Waals surface area contributed by atoms with E-state index in [1.165, 1.54) is 84.2 Å². The third kappa shape index (κ3) is 4.23. The highest BCUT2D eigenvalue weighted by Crippen LogP contribution is 2.50. The molecule has 3 heterocycles. The summed E-state index contributed by atoms with van der Waals surface area (Å²) in [5.41, 5.74) is 0.661. The van der Waals surface area contributed by atoms with E-state index >= 15 is 0 Å². The minimum atomic E-state index is 0.484. The molecule has 0 N–H and O–H groups in total. The molecule has 3 aliphatic heterocycles. The van der Waals surface area contributed by atoms with Crippen molar-refractivity contribution in [3.63, 3.8) is 0 Å². The lowest BCUT2D eigenvalue weighted by atomic mass is 9.60. The molecule has 0 aromatic rings. The van der Waals surface area contributed by atoms with Crippen molar-refractivity contribution in [1.29, 1.82) is 0 Å². The third-order valence-corrected chi connectivity index (χ3v) is 7.57. The number of nitrogens with zero attached hydrogens (tertiary/aromatic N) is 3. The quantitative estimate of drug-likeness (QED) is 0.777. The minimum absolute atomic E-state index is 0.484. The molecule has 0 aromatic heterocycles. The minimum Gasteiger partial charge on any atom is -0.376 e. The molecule has 4 rings (SSSR count). The maximum Gasteiger partial charge on any atom is 0.0700 e. The van der Waals surface area contributed by atoms with Crippen molar-refractivity contribution in [2.75, 3.05) is 59.5 Å². The second-order valence-corrected chi connectivity index (χ2v) is 9.54. The van der Waals surface area contributed by atoms with E-state index in [0.29, 0.717) is 11.5 Å². The topological polar surface area (TPSA) is 19.0 Å². The predicted octanol–water partition coefficient (Wildman–Crippen LogP) is 2.68. The molecule has 0 unspecified atom stereocenters. The number of ether oxygens (including phenoxy) is 1. The first-order chi connectivity index (χ1) is 12.2. The Morgan fingerprint density at radius 2 is 1.88 bits per heavy atom. The summed E-state index contributed by atoms with van der Waals surface area (Å²) in [6.07, 6.45) is 10.3. The first kappa shape index (κ1) is 18.2. The zero-order valence-corrected chi connectivity index (χ0v) is 16.6. The predicted molar refractivity (Wildman–Crippen MR) is 103 cm³/mol. The summed E-state index contributed by atoms with van der Waals surface area (Å²) >= 11 is 0. The molecule has 0 radical (unpaired) electrons. The van der Waals surface area contributed by atoms with Crippen LogP contribution in [-0.2, 0) is 4.74 Å². The second kappa shape index (κ2) is 7.84. The molecule has 0 amide bonds. The molecule has 1 spiro atoms. The maximum absolute atomic E-state index is 5.87. The van der Waals surface area contributed by atoms with Crippen LogP contribution in [0.25, 0.3) is 0 Å². The third-order valence-electron chi connectivity index (χ3n) is 7.57. The van der Waals surface area contributed by atoms with Crippen LogP contribution in [0.2, 0.25) is 0 Å². The van der Waals surface area contributed by atoms with E-state index < -0.39 is 0 Å². The van der Waals surface area contributed by atoms with Gasteiger partial charge in [-0.2, -0.15) is 0 Å². The van der Waals surface area contributed by atoms with Gasteiger partial charge in [-0.05, 0) is 83.0 Å². The van der Waals surface area contributed by atoms with Crippen molar-refractivity contribution in [2.45, 2.75) is 64.0 Å². The summed E-state index contributed by atoms with van der Waals surface area (Å²) < 4.78 is 5.87. The van der Waals surface area contributed by atoms with E-state index in [2.05, 4.69) is 28.7 Å². The molecule has 4 fully saturated rings. The lowest BCUT2D eigenvalue weighted by molar-refractivity contribution is -0.102. The van der Waals surface area contributed by atoms with Crippen molar-refractivity contribution < 1.29 is 4.74 Å². The molecule has 4 aliphatic rings. The molecule has 1 atom stereocenters. The molecule has 1 saturated carbocycles. The van der Waals surface area contributed by atoms with Crippen molar-refractivity contribution >= 4 is 0 Å². The highest BCUT2D eigenvalue weighted by atomic mass is 16.5. The number of likely N-dealkylation sites (tertiary alicyclic amines) is 2. The zero-order valence-electron chi connectivity index (χ0n) is 16.6. The Balaban J connectivity index is 1.25. The first-order valence-electron chi connectivity index (χ1n) is 10.9. The van der Waals surface area contributed by atoms with Crippen LogP contribution in [0, 0.1) is 11.3 Å². The summed E-state index contributed by atoms with van der Waals surface area (Å²) in [4.78, 5) is 8.08. The fourth-order valence-corrected chi connectivity index (χ4v) is 5.93. The fourth-order valence-electron chi connectivity index (χ4n) is 5.93. The Kier molecular flexibility index (Phi) is 5.71. The normalized spacial score (nSPS) is 39.6. The van der Waals surface area contributed by atoms with Crippen LogP contribution in [0.3, 0.4) is 0 Å². The van der Waals surface area contributed by atoms with E-state index in [4.69, 9.17) is 4.74 Å². The Morgan fingerprint density at radius 1 is 1.08 bits per heavy atom. The van der Waals surface area contributed by atoms with Crippen LogP contribution < -0.4 is 0 Å². The number of hydrogen-bond donors (Lipinski definition) is 0. The molecular weight excluding hydrogens is 310 g/mol. The van der Waals surface area contributed by atoms with Crippen molar-refractivity contribution in [3.05, 3.63) is 0 Å². The Bertz CT molecular complexity index is 429. The molecule has 4 heteroatoms. The summed E-state index contributed by atoms with van der Waals surface area (Å²) in [5, 5.41) is 0. The monoisotopic (exact) mass is 349 g/mol. The fraction of sp³-hybridized carbons (Fsp3) is 1.00. The van der Waals surface area contributed by atoms with Gasteiger partial charge in [0.15, 0.2) is 0 Å². The highest BCUT2D eigenvalue weighted by molar-refractivity contribution is 5.03. The molecule has 0 bridgehead atoms. The maximum atomic E-state index is 5.87. The van der Waals surface area contributed by atoms with Gasteiger partial charge in [0.05, 0.1) is 12.7 Å². The van der Waals surface area contributed by atoms with Gasteiger partial charge in [0, 0.05) is 32.2 Å². The number of hydrogen-bond acceptors (Lipinski definition) is 4. The number of rotatable bonds is 4. The number of morpholine rings is 1. The lowest BCUT2D eigenvalue weighted by Gasteiger charge is -2.57. The Labute approximate surface area is 154 Å². The van der Waals surface area contributed by atoms with E-state index in [1.807, 2.05) is 0 Å². The Hall–Kier alpha value is -0.160. The van der Waals surface area contributed by atoms with Crippen LogP contribution in [0.1, 0.15) is 51.9 Å². The molecule has 4 nitrogen and oxygen atoms in total. The average Bonchev–Trinajstić information content (AvgIpc) is 2.62. The van der Waals surface area contributed by atoms with Crippen LogP contribution in [0.15, 0.2) is 0 Å². The SMILES string of the molecule is CC[C@@H]1CN(C2CC3(CCCN(CC4CCN(C)CC4)C3)C2)CCO1. The smallest absolute Gasteiger partial charge is 0.0700 e. The van der Waals surface area contributed by atoms with Gasteiger partial charge >= 0.3 is 0 Å². The largest absolute Gasteiger partial charge is 0.376 e. The average molecular weight is 350 g/mol. The Morgan fingerprint density at radius 3 is 2.64 bits per heavy atom. The number of piperidine rings is 2. The molecule has 144 valence electrons. The van der Waals surface area contributed by atoms with Crippen molar-refractivity contribution in [3.8, 4) is 0 Å². The molecule has 0 aromatic carbocycles. The summed E-state index contributed by atoms with van der Waals surface area (Å²) in [6, 6.07) is 0.848. The standard InChI is InChI=1S/C21H39N3O/c1-3-20-16-24(11-12-25-20)19-13-21(14-19)7-4-8-23(17-21)15-18-5-9-22(2)10-6-18/h18-20H,3-17H2,1-2H3/t19?,20-,21?/m1/s1. The summed E-state index contributed by atoms with van der Waals surface area (Å²) in [5.74, 6) is 0.951. The van der Waals surface area contributed by atoms with Crippen LogP contribution in [-0.4, -0.2) is 86.3 Å². The van der Waals surface area contributed by atoms with E-state index in [1.54, 1.807) is 0 Å². The van der Waals surface area contributed by atoms with Gasteiger partial charge in [-0.25, -0.2) is 0 Å². The van der Waals surface area contributed by atoms with Gasteiger partial charge in [-0.1, -0.05) is 6.92 Å². The molecule has 25 heavy (non-hydrogen) atoms. The molecular formula is C21H39N3O. The van der Waals surface area contributed by atoms with E-state index in [0.717, 1.165) is 25.1 Å². The van der Waals surface area contributed by atoms with E-state index in [-0.39, 0.29) is 0 Å². The van der Waals surface area contributed by atoms with Gasteiger partial charge in [0.2, 0.25) is 0 Å². The van der Waals surface area contributed by atoms with Crippen LogP contribution >= 0.6 is 0 Å². The lowest BCUT2D eigenvalue weighted by Crippen LogP contribution is -2.60. The van der Waals surface area contributed by atoms with Gasteiger partial charge in [-0.15, -0.1) is 0 Å². The summed E-state index contributed by atoms with van der Waals surface area (Å²) in [7, 11) is 2.27. The van der Waals surface area contributed by atoms with E-state index in [9.17, 15) is 0 Å². The summed E-state index contributed by atoms with van der Waals surface area (Å²) in [6.45, 7) is 12.3. The van der Waals surface area contributed by atoms with Crippen LogP contribution in [0.5, 0.6) is 0 Å². The van der Waals surface area contributed by atoms with Crippen molar-refractivity contribution in [1.82, 2.24) is 14.7 Å². The first-order valence-corrected chi connectivity index (χ1v) is 10.9. The van der Waals surface area contributed by atoms with Gasteiger partial charge < -0.3 is 14.5 Å². The van der Waals surface area contributed by atoms with Gasteiger partial charge in [0.25, 0.3) is 0 Å². The zero-order chi connectivity index (χ0) is 17.3. The second-order valence-electron chi connectivity index (χ2n) is 9.54. The van der Waals surface area contributed by atoms with Crippen molar-refractivity contribution in [2.24, 2.45) is 11.3 Å².